The van der Waals surface area contributed by atoms with Crippen molar-refractivity contribution >= 4 is 15.7 Å². The number of hydrogen-bond donors (Lipinski definition) is 1. The van der Waals surface area contributed by atoms with Gasteiger partial charge in [0.1, 0.15) is 15.7 Å². The third-order valence-corrected chi connectivity index (χ3v) is 5.15. The second-order valence-electron chi connectivity index (χ2n) is 6.16. The molecule has 0 spiro atoms. The van der Waals surface area contributed by atoms with Crippen molar-refractivity contribution in [3.05, 3.63) is 35.6 Å². The molecule has 1 amide bonds. The molecule has 116 valence electrons. The molecule has 1 aromatic rings. The molecule has 1 saturated carbocycles. The van der Waals surface area contributed by atoms with E-state index in [1.54, 1.807) is 25.1 Å². The Labute approximate surface area is 124 Å². The van der Waals surface area contributed by atoms with Crippen LogP contribution in [0.4, 0.5) is 4.39 Å². The van der Waals surface area contributed by atoms with E-state index in [0.29, 0.717) is 12.0 Å². The van der Waals surface area contributed by atoms with Gasteiger partial charge in [-0.25, -0.2) is 12.8 Å². The Bertz CT molecular complexity index is 659. The first-order chi connectivity index (χ1) is 9.63. The van der Waals surface area contributed by atoms with E-state index in [0.717, 1.165) is 6.26 Å². The van der Waals surface area contributed by atoms with E-state index in [9.17, 15) is 17.6 Å². The van der Waals surface area contributed by atoms with E-state index >= 15 is 0 Å². The lowest BCUT2D eigenvalue weighted by Crippen LogP contribution is -2.36. The maximum atomic E-state index is 13.8. The van der Waals surface area contributed by atoms with Crippen LogP contribution in [0.2, 0.25) is 0 Å². The first kappa shape index (κ1) is 15.9. The fourth-order valence-electron chi connectivity index (χ4n) is 2.64. The van der Waals surface area contributed by atoms with Gasteiger partial charge >= 0.3 is 0 Å². The van der Waals surface area contributed by atoms with Crippen molar-refractivity contribution in [2.24, 2.45) is 5.92 Å². The molecular formula is C15H20FNO3S. The van der Waals surface area contributed by atoms with E-state index in [2.05, 4.69) is 5.32 Å². The van der Waals surface area contributed by atoms with Gasteiger partial charge in [0.25, 0.3) is 0 Å². The summed E-state index contributed by atoms with van der Waals surface area (Å²) < 4.78 is 36.2. The quantitative estimate of drug-likeness (QED) is 0.899. The fourth-order valence-corrected chi connectivity index (χ4v) is 3.70. The number of benzene rings is 1. The highest BCUT2D eigenvalue weighted by Gasteiger charge is 2.53. The van der Waals surface area contributed by atoms with Crippen molar-refractivity contribution in [1.29, 1.82) is 0 Å². The topological polar surface area (TPSA) is 63.2 Å². The molecule has 0 aliphatic heterocycles. The van der Waals surface area contributed by atoms with Gasteiger partial charge in [-0.1, -0.05) is 32.0 Å². The molecule has 4 nitrogen and oxygen atoms in total. The van der Waals surface area contributed by atoms with Gasteiger partial charge in [-0.3, -0.25) is 4.79 Å². The van der Waals surface area contributed by atoms with E-state index in [-0.39, 0.29) is 23.5 Å². The van der Waals surface area contributed by atoms with Gasteiger partial charge in [0.05, 0.1) is 5.75 Å². The Hall–Kier alpha value is -1.43. The third-order valence-electron chi connectivity index (χ3n) is 4.04. The van der Waals surface area contributed by atoms with Crippen LogP contribution in [-0.4, -0.2) is 32.4 Å². The van der Waals surface area contributed by atoms with Crippen LogP contribution in [0.15, 0.2) is 24.3 Å². The SMILES string of the molecule is C[C@H](CS(C)(=O)=O)C(=O)N[C@H]1C[C@@]1(C)c1ccccc1F. The van der Waals surface area contributed by atoms with Crippen LogP contribution in [-0.2, 0) is 20.0 Å². The number of nitrogens with one attached hydrogen (secondary N) is 1. The lowest BCUT2D eigenvalue weighted by atomic mass is 9.97. The third kappa shape index (κ3) is 3.61. The van der Waals surface area contributed by atoms with Crippen molar-refractivity contribution in [3.8, 4) is 0 Å². The summed E-state index contributed by atoms with van der Waals surface area (Å²) in [5.74, 6) is -1.36. The van der Waals surface area contributed by atoms with Crippen molar-refractivity contribution in [1.82, 2.24) is 5.32 Å². The second-order valence-corrected chi connectivity index (χ2v) is 8.34. The molecule has 1 aromatic carbocycles. The standard InChI is InChI=1S/C15H20FNO3S/c1-10(9-21(3,19)20)14(18)17-13-8-15(13,2)11-6-4-5-7-12(11)16/h4-7,10,13H,8-9H2,1-3H3,(H,17,18)/t10-,13+,15+/m1/s1. The number of halogens is 1. The number of hydrogen-bond acceptors (Lipinski definition) is 3. The van der Waals surface area contributed by atoms with E-state index in [1.165, 1.54) is 6.07 Å². The molecule has 2 rings (SSSR count). The Morgan fingerprint density at radius 2 is 2.10 bits per heavy atom. The molecule has 0 saturated heterocycles. The Morgan fingerprint density at radius 3 is 2.67 bits per heavy atom. The molecule has 1 aliphatic carbocycles. The molecule has 21 heavy (non-hydrogen) atoms. The predicted molar refractivity (Wildman–Crippen MR) is 79.2 cm³/mol. The normalized spacial score (nSPS) is 26.2. The second kappa shape index (κ2) is 5.40. The van der Waals surface area contributed by atoms with Gasteiger partial charge in [-0.2, -0.15) is 0 Å². The fraction of sp³-hybridized carbons (Fsp3) is 0.533. The summed E-state index contributed by atoms with van der Waals surface area (Å²) in [7, 11) is -3.19. The molecule has 6 heteroatoms. The predicted octanol–water partition coefficient (Wildman–Crippen LogP) is 1.65. The average Bonchev–Trinajstić information content (AvgIpc) is 2.99. The lowest BCUT2D eigenvalue weighted by Gasteiger charge is -2.15. The monoisotopic (exact) mass is 313 g/mol. The average molecular weight is 313 g/mol. The van der Waals surface area contributed by atoms with Crippen molar-refractivity contribution in [2.45, 2.75) is 31.7 Å². The van der Waals surface area contributed by atoms with Gasteiger partial charge in [-0.15, -0.1) is 0 Å². The number of carbonyl (C=O) groups is 1. The Kier molecular flexibility index (Phi) is 4.10. The van der Waals surface area contributed by atoms with Crippen LogP contribution >= 0.6 is 0 Å². The van der Waals surface area contributed by atoms with E-state index in [4.69, 9.17) is 0 Å². The molecular weight excluding hydrogens is 293 g/mol. The van der Waals surface area contributed by atoms with Crippen LogP contribution in [0.25, 0.3) is 0 Å². The molecule has 0 aromatic heterocycles. The van der Waals surface area contributed by atoms with Gasteiger partial charge < -0.3 is 5.32 Å². The summed E-state index contributed by atoms with van der Waals surface area (Å²) in [4.78, 5) is 12.0. The zero-order chi connectivity index (χ0) is 15.8. The molecule has 0 radical (unpaired) electrons. The molecule has 3 atom stereocenters. The van der Waals surface area contributed by atoms with E-state index < -0.39 is 21.2 Å². The smallest absolute Gasteiger partial charge is 0.224 e. The Balaban J connectivity index is 2.01. The molecule has 0 heterocycles. The van der Waals surface area contributed by atoms with Gasteiger partial charge in [0.15, 0.2) is 0 Å². The van der Waals surface area contributed by atoms with Gasteiger partial charge in [0.2, 0.25) is 5.91 Å². The maximum Gasteiger partial charge on any atom is 0.224 e. The van der Waals surface area contributed by atoms with Gasteiger partial charge in [0, 0.05) is 23.6 Å². The molecule has 1 N–H and O–H groups in total. The number of rotatable bonds is 5. The molecule has 1 aliphatic rings. The highest BCUT2D eigenvalue weighted by molar-refractivity contribution is 7.90. The summed E-state index contributed by atoms with van der Waals surface area (Å²) >= 11 is 0. The van der Waals surface area contributed by atoms with Crippen molar-refractivity contribution < 1.29 is 17.6 Å². The largest absolute Gasteiger partial charge is 0.352 e. The zero-order valence-electron chi connectivity index (χ0n) is 12.4. The zero-order valence-corrected chi connectivity index (χ0v) is 13.2. The lowest BCUT2D eigenvalue weighted by molar-refractivity contribution is -0.124. The first-order valence-corrected chi connectivity index (χ1v) is 8.92. The van der Waals surface area contributed by atoms with Crippen LogP contribution in [0.1, 0.15) is 25.8 Å². The highest BCUT2D eigenvalue weighted by Crippen LogP contribution is 2.48. The van der Waals surface area contributed by atoms with Crippen molar-refractivity contribution in [2.75, 3.05) is 12.0 Å². The first-order valence-electron chi connectivity index (χ1n) is 6.86. The summed E-state index contributed by atoms with van der Waals surface area (Å²) in [5, 5.41) is 2.82. The summed E-state index contributed by atoms with van der Waals surface area (Å²) in [6.45, 7) is 3.48. The maximum absolute atomic E-state index is 13.8. The number of sulfone groups is 1. The van der Waals surface area contributed by atoms with Crippen molar-refractivity contribution in [3.63, 3.8) is 0 Å². The highest BCUT2D eigenvalue weighted by atomic mass is 32.2. The molecule has 0 unspecified atom stereocenters. The minimum atomic E-state index is -3.19. The molecule has 1 fully saturated rings. The minimum Gasteiger partial charge on any atom is -0.352 e. The summed E-state index contributed by atoms with van der Waals surface area (Å²) in [6, 6.07) is 6.38. The van der Waals surface area contributed by atoms with Gasteiger partial charge in [-0.05, 0) is 18.1 Å². The van der Waals surface area contributed by atoms with Crippen LogP contribution in [0, 0.1) is 11.7 Å². The van der Waals surface area contributed by atoms with Crippen LogP contribution in [0.3, 0.4) is 0 Å². The Morgan fingerprint density at radius 1 is 1.48 bits per heavy atom. The summed E-state index contributed by atoms with van der Waals surface area (Å²) in [6.07, 6.45) is 1.77. The molecule has 0 bridgehead atoms. The number of amides is 1. The van der Waals surface area contributed by atoms with Crippen LogP contribution < -0.4 is 5.32 Å². The minimum absolute atomic E-state index is 0.149. The summed E-state index contributed by atoms with van der Waals surface area (Å²) in [5.41, 5.74) is 0.178. The van der Waals surface area contributed by atoms with E-state index in [1.807, 2.05) is 6.92 Å². The number of carbonyl (C=O) groups excluding carboxylic acids is 1. The van der Waals surface area contributed by atoms with Crippen LogP contribution in [0.5, 0.6) is 0 Å².